The minimum atomic E-state index is -0.0364. The number of aryl methyl sites for hydroxylation is 1. The summed E-state index contributed by atoms with van der Waals surface area (Å²) in [5, 5.41) is 1.25. The molecular weight excluding hydrogens is 462 g/mol. The van der Waals surface area contributed by atoms with Crippen molar-refractivity contribution >= 4 is 33.3 Å². The lowest BCUT2D eigenvalue weighted by atomic mass is 9.77. The van der Waals surface area contributed by atoms with E-state index in [1.807, 2.05) is 16.2 Å². The summed E-state index contributed by atoms with van der Waals surface area (Å²) in [5.74, 6) is 2.32. The molecule has 3 aliphatic rings. The van der Waals surface area contributed by atoms with Crippen molar-refractivity contribution in [2.75, 3.05) is 57.4 Å². The molecule has 0 N–H and O–H groups in total. The lowest BCUT2D eigenvalue weighted by Crippen LogP contribution is -2.49. The number of hydrogen-bond acceptors (Lipinski definition) is 8. The summed E-state index contributed by atoms with van der Waals surface area (Å²) < 4.78 is 10.9. The van der Waals surface area contributed by atoms with Crippen LogP contribution in [0.2, 0.25) is 0 Å². The first-order valence-corrected chi connectivity index (χ1v) is 13.5. The molecule has 35 heavy (non-hydrogen) atoms. The van der Waals surface area contributed by atoms with Gasteiger partial charge in [0.05, 0.1) is 31.4 Å². The van der Waals surface area contributed by atoms with E-state index in [4.69, 9.17) is 19.1 Å². The van der Waals surface area contributed by atoms with Gasteiger partial charge in [-0.25, -0.2) is 9.97 Å². The predicted octanol–water partition coefficient (Wildman–Crippen LogP) is 3.59. The summed E-state index contributed by atoms with van der Waals surface area (Å²) in [6.45, 7) is 11.7. The molecule has 2 fully saturated rings. The van der Waals surface area contributed by atoms with Crippen molar-refractivity contribution < 1.29 is 13.9 Å². The number of hydrogen-bond donors (Lipinski definition) is 0. The van der Waals surface area contributed by atoms with Crippen LogP contribution in [0, 0.1) is 5.41 Å². The number of anilines is 1. The number of fused-ring (bicyclic) bond motifs is 3. The predicted molar refractivity (Wildman–Crippen MR) is 136 cm³/mol. The van der Waals surface area contributed by atoms with Gasteiger partial charge in [0, 0.05) is 44.1 Å². The number of amides is 1. The highest BCUT2D eigenvalue weighted by atomic mass is 32.1. The van der Waals surface area contributed by atoms with Gasteiger partial charge in [-0.3, -0.25) is 9.69 Å². The Morgan fingerprint density at radius 2 is 1.91 bits per heavy atom. The lowest BCUT2D eigenvalue weighted by molar-refractivity contribution is 0.0331. The first-order valence-electron chi connectivity index (χ1n) is 12.7. The Labute approximate surface area is 209 Å². The van der Waals surface area contributed by atoms with Crippen molar-refractivity contribution in [3.8, 4) is 0 Å². The summed E-state index contributed by atoms with van der Waals surface area (Å²) in [5.41, 5.74) is 1.78. The monoisotopic (exact) mass is 495 g/mol. The van der Waals surface area contributed by atoms with Crippen molar-refractivity contribution in [2.45, 2.75) is 39.7 Å². The Morgan fingerprint density at radius 3 is 2.66 bits per heavy atom. The Balaban J connectivity index is 1.31. The number of carbonyl (C=O) groups is 1. The number of carbonyl (C=O) groups excluding carboxylic acids is 1. The van der Waals surface area contributed by atoms with Gasteiger partial charge in [-0.15, -0.1) is 11.3 Å². The minimum Gasteiger partial charge on any atom is -0.459 e. The van der Waals surface area contributed by atoms with Crippen LogP contribution < -0.4 is 4.90 Å². The van der Waals surface area contributed by atoms with Crippen LogP contribution in [0.4, 0.5) is 5.82 Å². The zero-order valence-corrected chi connectivity index (χ0v) is 21.4. The van der Waals surface area contributed by atoms with Crippen LogP contribution in [0.25, 0.3) is 10.2 Å². The van der Waals surface area contributed by atoms with Crippen LogP contribution in [0.5, 0.6) is 0 Å². The van der Waals surface area contributed by atoms with Gasteiger partial charge in [0.15, 0.2) is 5.76 Å². The standard InChI is InChI=1S/C26H33N5O3S/c1-26(2)6-5-18-20(16-26)35-24-22(18)23(27-21(28-24)17-29-11-14-33-15-12-29)30-7-9-31(10-8-30)25(32)19-4-3-13-34-19/h3-4,13H,5-12,14-17H2,1-2H3. The normalized spacial score (nSPS) is 20.9. The summed E-state index contributed by atoms with van der Waals surface area (Å²) >= 11 is 1.86. The van der Waals surface area contributed by atoms with Crippen LogP contribution in [-0.4, -0.2) is 78.2 Å². The van der Waals surface area contributed by atoms with E-state index in [0.29, 0.717) is 24.3 Å². The quantitative estimate of drug-likeness (QED) is 0.548. The Kier molecular flexibility index (Phi) is 6.02. The highest BCUT2D eigenvalue weighted by Crippen LogP contribution is 2.44. The molecule has 1 aliphatic carbocycles. The molecule has 0 spiro atoms. The van der Waals surface area contributed by atoms with Crippen LogP contribution in [0.1, 0.15) is 47.1 Å². The van der Waals surface area contributed by atoms with Crippen LogP contribution in [0.15, 0.2) is 22.8 Å². The van der Waals surface area contributed by atoms with Crippen molar-refractivity contribution in [3.63, 3.8) is 0 Å². The van der Waals surface area contributed by atoms with E-state index < -0.39 is 0 Å². The van der Waals surface area contributed by atoms with Crippen molar-refractivity contribution in [1.29, 1.82) is 0 Å². The Bertz CT molecular complexity index is 1210. The van der Waals surface area contributed by atoms with E-state index in [0.717, 1.165) is 75.3 Å². The average Bonchev–Trinajstić information content (AvgIpc) is 3.51. The molecule has 8 nitrogen and oxygen atoms in total. The third-order valence-corrected chi connectivity index (χ3v) is 8.65. The lowest BCUT2D eigenvalue weighted by Gasteiger charge is -2.36. The molecule has 0 bridgehead atoms. The Hall–Kier alpha value is -2.49. The maximum atomic E-state index is 12.8. The van der Waals surface area contributed by atoms with E-state index in [2.05, 4.69) is 23.6 Å². The number of nitrogens with zero attached hydrogens (tertiary/aromatic N) is 5. The van der Waals surface area contributed by atoms with Crippen LogP contribution in [-0.2, 0) is 24.1 Å². The summed E-state index contributed by atoms with van der Waals surface area (Å²) in [6, 6.07) is 3.50. The fourth-order valence-corrected chi connectivity index (χ4v) is 6.95. The molecule has 2 saturated heterocycles. The molecule has 1 amide bonds. The zero-order chi connectivity index (χ0) is 24.0. The van der Waals surface area contributed by atoms with Crippen LogP contribution >= 0.6 is 11.3 Å². The summed E-state index contributed by atoms with van der Waals surface area (Å²) in [7, 11) is 0. The van der Waals surface area contributed by atoms with E-state index in [9.17, 15) is 4.79 Å². The van der Waals surface area contributed by atoms with Gasteiger partial charge in [-0.2, -0.15) is 0 Å². The second-order valence-corrected chi connectivity index (χ2v) is 11.7. The number of piperazine rings is 1. The number of aromatic nitrogens is 2. The molecule has 5 heterocycles. The average molecular weight is 496 g/mol. The number of morpholine rings is 1. The molecule has 0 unspecified atom stereocenters. The van der Waals surface area contributed by atoms with Gasteiger partial charge >= 0.3 is 0 Å². The number of rotatable bonds is 4. The van der Waals surface area contributed by atoms with Gasteiger partial charge in [-0.1, -0.05) is 13.8 Å². The third kappa shape index (κ3) is 4.57. The van der Waals surface area contributed by atoms with E-state index in [-0.39, 0.29) is 5.91 Å². The molecule has 0 atom stereocenters. The largest absolute Gasteiger partial charge is 0.459 e. The zero-order valence-electron chi connectivity index (χ0n) is 20.6. The van der Waals surface area contributed by atoms with E-state index in [1.165, 1.54) is 22.2 Å². The smallest absolute Gasteiger partial charge is 0.289 e. The SMILES string of the molecule is CC1(C)CCc2c(sc3nc(CN4CCOCC4)nc(N4CCN(C(=O)c5ccco5)CC4)c23)C1. The van der Waals surface area contributed by atoms with Gasteiger partial charge in [0.1, 0.15) is 16.5 Å². The topological polar surface area (TPSA) is 74.9 Å². The molecule has 0 aromatic carbocycles. The Morgan fingerprint density at radius 1 is 1.11 bits per heavy atom. The molecule has 2 aliphatic heterocycles. The molecule has 3 aromatic heterocycles. The fourth-order valence-electron chi connectivity index (χ4n) is 5.46. The number of furan rings is 1. The van der Waals surface area contributed by atoms with Gasteiger partial charge in [0.25, 0.3) is 5.91 Å². The highest BCUT2D eigenvalue weighted by molar-refractivity contribution is 7.19. The number of thiophene rings is 1. The molecular formula is C26H33N5O3S. The molecule has 6 rings (SSSR count). The first-order chi connectivity index (χ1) is 17.0. The molecule has 3 aromatic rings. The van der Waals surface area contributed by atoms with Crippen LogP contribution in [0.3, 0.4) is 0 Å². The fraction of sp³-hybridized carbons (Fsp3) is 0.577. The molecule has 0 radical (unpaired) electrons. The third-order valence-electron chi connectivity index (χ3n) is 7.52. The molecule has 0 saturated carbocycles. The molecule has 186 valence electrons. The maximum Gasteiger partial charge on any atom is 0.289 e. The van der Waals surface area contributed by atoms with Gasteiger partial charge in [0.2, 0.25) is 0 Å². The second-order valence-electron chi connectivity index (χ2n) is 10.6. The minimum absolute atomic E-state index is 0.0364. The van der Waals surface area contributed by atoms with E-state index in [1.54, 1.807) is 18.4 Å². The van der Waals surface area contributed by atoms with Crippen molar-refractivity contribution in [1.82, 2.24) is 19.8 Å². The maximum absolute atomic E-state index is 12.8. The summed E-state index contributed by atoms with van der Waals surface area (Å²) in [6.07, 6.45) is 4.93. The number of ether oxygens (including phenoxy) is 1. The van der Waals surface area contributed by atoms with Gasteiger partial charge < -0.3 is 19.0 Å². The second kappa shape index (κ2) is 9.19. The van der Waals surface area contributed by atoms with Crippen molar-refractivity contribution in [3.05, 3.63) is 40.4 Å². The summed E-state index contributed by atoms with van der Waals surface area (Å²) in [4.78, 5) is 32.2. The van der Waals surface area contributed by atoms with Crippen molar-refractivity contribution in [2.24, 2.45) is 5.41 Å². The first kappa shape index (κ1) is 22.9. The van der Waals surface area contributed by atoms with E-state index >= 15 is 0 Å². The van der Waals surface area contributed by atoms with Gasteiger partial charge in [-0.05, 0) is 42.4 Å². The molecule has 9 heteroatoms. The highest BCUT2D eigenvalue weighted by Gasteiger charge is 2.32.